The zero-order valence-corrected chi connectivity index (χ0v) is 15.6. The topological polar surface area (TPSA) is 56.4 Å². The lowest BCUT2D eigenvalue weighted by molar-refractivity contribution is 0.0520. The monoisotopic (exact) mass is 333 g/mol. The zero-order chi connectivity index (χ0) is 17.9. The van der Waals surface area contributed by atoms with Crippen molar-refractivity contribution in [1.29, 1.82) is 0 Å². The molecule has 2 atom stereocenters. The molecule has 0 aliphatic carbocycles. The maximum atomic E-state index is 12.9. The van der Waals surface area contributed by atoms with E-state index in [9.17, 15) is 9.59 Å². The van der Waals surface area contributed by atoms with Crippen LogP contribution < -0.4 is 5.56 Å². The van der Waals surface area contributed by atoms with Crippen molar-refractivity contribution in [1.82, 2.24) is 14.8 Å². The van der Waals surface area contributed by atoms with Gasteiger partial charge in [-0.05, 0) is 37.3 Å². The van der Waals surface area contributed by atoms with Gasteiger partial charge in [0.1, 0.15) is 0 Å². The molecule has 24 heavy (non-hydrogen) atoms. The highest BCUT2D eigenvalue weighted by atomic mass is 16.2. The third kappa shape index (κ3) is 4.47. The van der Waals surface area contributed by atoms with Crippen molar-refractivity contribution in [3.63, 3.8) is 0 Å². The highest BCUT2D eigenvalue weighted by Gasteiger charge is 2.31. The number of piperidine rings is 1. The van der Waals surface area contributed by atoms with Gasteiger partial charge in [0, 0.05) is 43.5 Å². The van der Waals surface area contributed by atoms with Crippen molar-refractivity contribution in [2.45, 2.75) is 46.6 Å². The number of H-pyrrole nitrogens is 1. The number of carbonyl (C=O) groups is 1. The van der Waals surface area contributed by atoms with Crippen LogP contribution in [-0.4, -0.2) is 53.4 Å². The van der Waals surface area contributed by atoms with Crippen LogP contribution in [0.4, 0.5) is 0 Å². The van der Waals surface area contributed by atoms with Crippen LogP contribution >= 0.6 is 0 Å². The summed E-state index contributed by atoms with van der Waals surface area (Å²) in [5.41, 5.74) is 1.14. The van der Waals surface area contributed by atoms with Crippen molar-refractivity contribution in [3.05, 3.63) is 33.7 Å². The first kappa shape index (κ1) is 18.7. The summed E-state index contributed by atoms with van der Waals surface area (Å²) in [5.74, 6) is 0.819. The molecule has 134 valence electrons. The number of likely N-dealkylation sites (tertiary alicyclic amines) is 1. The first-order valence-corrected chi connectivity index (χ1v) is 9.04. The van der Waals surface area contributed by atoms with Crippen LogP contribution in [0.5, 0.6) is 0 Å². The van der Waals surface area contributed by atoms with Gasteiger partial charge in [0.2, 0.25) is 5.56 Å². The standard InChI is InChI=1S/C19H31N3O2/c1-6-22-8-7-17(14(4)12-22)21(5)19(24)15-10-16(9-13(2)3)20-18(23)11-15/h10-11,13-14,17H,6-9,12H2,1-5H3,(H,20,23)/t14-,17+/m0/s1. The molecule has 1 fully saturated rings. The number of nitrogens with one attached hydrogen (secondary N) is 1. The molecule has 2 rings (SSSR count). The highest BCUT2D eigenvalue weighted by Crippen LogP contribution is 2.22. The predicted molar refractivity (Wildman–Crippen MR) is 97.4 cm³/mol. The Labute approximate surface area is 145 Å². The average molecular weight is 333 g/mol. The van der Waals surface area contributed by atoms with Crippen LogP contribution in [0.3, 0.4) is 0 Å². The minimum atomic E-state index is -0.196. The predicted octanol–water partition coefficient (Wildman–Crippen LogP) is 2.38. The van der Waals surface area contributed by atoms with Crippen LogP contribution in [-0.2, 0) is 6.42 Å². The van der Waals surface area contributed by atoms with Gasteiger partial charge in [0.05, 0.1) is 0 Å². The first-order chi connectivity index (χ1) is 11.3. The van der Waals surface area contributed by atoms with E-state index in [0.29, 0.717) is 17.4 Å². The van der Waals surface area contributed by atoms with Gasteiger partial charge in [0.15, 0.2) is 0 Å². The Balaban J connectivity index is 2.16. The van der Waals surface area contributed by atoms with Gasteiger partial charge in [-0.15, -0.1) is 0 Å². The van der Waals surface area contributed by atoms with E-state index in [1.54, 1.807) is 0 Å². The van der Waals surface area contributed by atoms with E-state index in [-0.39, 0.29) is 17.5 Å². The van der Waals surface area contributed by atoms with Crippen molar-refractivity contribution in [2.24, 2.45) is 11.8 Å². The lowest BCUT2D eigenvalue weighted by Crippen LogP contribution is -2.50. The number of hydrogen-bond acceptors (Lipinski definition) is 3. The van der Waals surface area contributed by atoms with Gasteiger partial charge in [-0.25, -0.2) is 0 Å². The molecule has 0 aromatic carbocycles. The van der Waals surface area contributed by atoms with E-state index < -0.39 is 0 Å². The molecule has 5 heteroatoms. The van der Waals surface area contributed by atoms with Gasteiger partial charge in [-0.3, -0.25) is 9.59 Å². The van der Waals surface area contributed by atoms with Gasteiger partial charge in [-0.1, -0.05) is 27.7 Å². The second-order valence-electron chi connectivity index (χ2n) is 7.50. The summed E-state index contributed by atoms with van der Waals surface area (Å²) >= 11 is 0. The maximum absolute atomic E-state index is 12.9. The molecule has 1 aliphatic heterocycles. The normalized spacial score (nSPS) is 21.9. The summed E-state index contributed by atoms with van der Waals surface area (Å²) in [7, 11) is 1.87. The Morgan fingerprint density at radius 2 is 2.12 bits per heavy atom. The molecule has 0 saturated carbocycles. The Morgan fingerprint density at radius 3 is 2.71 bits per heavy atom. The van der Waals surface area contributed by atoms with E-state index in [2.05, 4.69) is 37.6 Å². The molecule has 0 bridgehead atoms. The Kier molecular flexibility index (Phi) is 6.21. The fourth-order valence-corrected chi connectivity index (χ4v) is 3.71. The van der Waals surface area contributed by atoms with Gasteiger partial charge in [0.25, 0.3) is 5.91 Å². The average Bonchev–Trinajstić information content (AvgIpc) is 2.52. The van der Waals surface area contributed by atoms with E-state index in [1.807, 2.05) is 18.0 Å². The van der Waals surface area contributed by atoms with Crippen LogP contribution in [0.15, 0.2) is 16.9 Å². The number of aromatic nitrogens is 1. The fraction of sp³-hybridized carbons (Fsp3) is 0.684. The molecule has 1 N–H and O–H groups in total. The number of rotatable bonds is 5. The van der Waals surface area contributed by atoms with E-state index in [0.717, 1.165) is 38.2 Å². The fourth-order valence-electron chi connectivity index (χ4n) is 3.71. The molecule has 1 aromatic heterocycles. The zero-order valence-electron chi connectivity index (χ0n) is 15.6. The molecule has 1 saturated heterocycles. The Hall–Kier alpha value is -1.62. The number of aromatic amines is 1. The highest BCUT2D eigenvalue weighted by molar-refractivity contribution is 5.94. The molecular formula is C19H31N3O2. The van der Waals surface area contributed by atoms with Crippen LogP contribution in [0.2, 0.25) is 0 Å². The van der Waals surface area contributed by atoms with E-state index in [1.165, 1.54) is 6.07 Å². The molecule has 1 aromatic rings. The number of pyridine rings is 1. The van der Waals surface area contributed by atoms with Gasteiger partial charge >= 0.3 is 0 Å². The summed E-state index contributed by atoms with van der Waals surface area (Å²) in [4.78, 5) is 31.9. The summed E-state index contributed by atoms with van der Waals surface area (Å²) in [6.45, 7) is 11.7. The van der Waals surface area contributed by atoms with Crippen LogP contribution in [0.1, 0.15) is 50.2 Å². The third-order valence-electron chi connectivity index (χ3n) is 4.98. The third-order valence-corrected chi connectivity index (χ3v) is 4.98. The summed E-state index contributed by atoms with van der Waals surface area (Å²) in [6, 6.07) is 3.49. The van der Waals surface area contributed by atoms with Crippen molar-refractivity contribution in [2.75, 3.05) is 26.7 Å². The Bertz CT molecular complexity index is 623. The lowest BCUT2D eigenvalue weighted by atomic mass is 9.92. The van der Waals surface area contributed by atoms with Crippen LogP contribution in [0, 0.1) is 11.8 Å². The van der Waals surface area contributed by atoms with Crippen molar-refractivity contribution in [3.8, 4) is 0 Å². The second-order valence-corrected chi connectivity index (χ2v) is 7.50. The van der Waals surface area contributed by atoms with Gasteiger partial charge in [-0.2, -0.15) is 0 Å². The Morgan fingerprint density at radius 1 is 1.42 bits per heavy atom. The first-order valence-electron chi connectivity index (χ1n) is 9.04. The SMILES string of the molecule is CCN1CC[C@@H](N(C)C(=O)c2cc(CC(C)C)[nH]c(=O)c2)[C@@H](C)C1. The minimum Gasteiger partial charge on any atom is -0.338 e. The lowest BCUT2D eigenvalue weighted by Gasteiger charge is -2.41. The smallest absolute Gasteiger partial charge is 0.254 e. The van der Waals surface area contributed by atoms with E-state index >= 15 is 0 Å². The number of amides is 1. The summed E-state index contributed by atoms with van der Waals surface area (Å²) in [6.07, 6.45) is 1.75. The quantitative estimate of drug-likeness (QED) is 0.900. The minimum absolute atomic E-state index is 0.0482. The summed E-state index contributed by atoms with van der Waals surface area (Å²) < 4.78 is 0. The van der Waals surface area contributed by atoms with Crippen LogP contribution in [0.25, 0.3) is 0 Å². The van der Waals surface area contributed by atoms with E-state index in [4.69, 9.17) is 0 Å². The molecule has 0 unspecified atom stereocenters. The molecule has 5 nitrogen and oxygen atoms in total. The van der Waals surface area contributed by atoms with Gasteiger partial charge < -0.3 is 14.8 Å². The van der Waals surface area contributed by atoms with Crippen molar-refractivity contribution < 1.29 is 4.79 Å². The number of nitrogens with zero attached hydrogens (tertiary/aromatic N) is 2. The molecule has 1 aliphatic rings. The van der Waals surface area contributed by atoms with Crippen molar-refractivity contribution >= 4 is 5.91 Å². The molecular weight excluding hydrogens is 302 g/mol. The number of carbonyl (C=O) groups excluding carboxylic acids is 1. The number of hydrogen-bond donors (Lipinski definition) is 1. The maximum Gasteiger partial charge on any atom is 0.254 e. The molecule has 0 radical (unpaired) electrons. The molecule has 0 spiro atoms. The largest absolute Gasteiger partial charge is 0.338 e. The molecule has 1 amide bonds. The second kappa shape index (κ2) is 7.97. The molecule has 2 heterocycles. The summed E-state index contributed by atoms with van der Waals surface area (Å²) in [5, 5.41) is 0.